The molecule has 2 aromatic carbocycles. The van der Waals surface area contributed by atoms with E-state index in [1.807, 2.05) is 30.5 Å². The molecule has 0 spiro atoms. The molecule has 0 bridgehead atoms. The van der Waals surface area contributed by atoms with Crippen LogP contribution in [0.2, 0.25) is 5.02 Å². The second-order valence-electron chi connectivity index (χ2n) is 7.50. The lowest BCUT2D eigenvalue weighted by Crippen LogP contribution is -2.46. The van der Waals surface area contributed by atoms with Crippen molar-refractivity contribution in [1.29, 1.82) is 0 Å². The van der Waals surface area contributed by atoms with Gasteiger partial charge in [-0.2, -0.15) is 0 Å². The van der Waals surface area contributed by atoms with Gasteiger partial charge >= 0.3 is 5.97 Å². The maximum absolute atomic E-state index is 12.9. The number of methoxy groups -OCH3 is 1. The van der Waals surface area contributed by atoms with Crippen LogP contribution in [0.1, 0.15) is 12.0 Å². The minimum atomic E-state index is -0.860. The Labute approximate surface area is 184 Å². The van der Waals surface area contributed by atoms with Crippen LogP contribution < -0.4 is 10.2 Å². The SMILES string of the molecule is COC(=O)[C@H](Cc1c[nH]c2ccccc12)NC(=O)C1CC(=O)N(c2ccccc2Cl)C1. The van der Waals surface area contributed by atoms with Crippen molar-refractivity contribution in [3.05, 3.63) is 65.3 Å². The second-order valence-corrected chi connectivity index (χ2v) is 7.91. The topological polar surface area (TPSA) is 91.5 Å². The Bertz CT molecular complexity index is 1140. The third kappa shape index (κ3) is 4.27. The van der Waals surface area contributed by atoms with Crippen LogP contribution in [0.15, 0.2) is 54.7 Å². The van der Waals surface area contributed by atoms with Crippen LogP contribution >= 0.6 is 11.6 Å². The monoisotopic (exact) mass is 439 g/mol. The van der Waals surface area contributed by atoms with E-state index in [-0.39, 0.29) is 31.2 Å². The quantitative estimate of drug-likeness (QED) is 0.577. The number of nitrogens with zero attached hydrogens (tertiary/aromatic N) is 1. The summed E-state index contributed by atoms with van der Waals surface area (Å²) in [4.78, 5) is 42.5. The third-order valence-electron chi connectivity index (χ3n) is 5.54. The average molecular weight is 440 g/mol. The fourth-order valence-electron chi connectivity index (χ4n) is 3.93. The van der Waals surface area contributed by atoms with Gasteiger partial charge in [0.25, 0.3) is 0 Å². The van der Waals surface area contributed by atoms with Gasteiger partial charge in [0.15, 0.2) is 0 Å². The van der Waals surface area contributed by atoms with Gasteiger partial charge in [0.2, 0.25) is 11.8 Å². The zero-order valence-electron chi connectivity index (χ0n) is 16.9. The number of aromatic nitrogens is 1. The van der Waals surface area contributed by atoms with E-state index in [9.17, 15) is 14.4 Å². The van der Waals surface area contributed by atoms with Crippen LogP contribution in [0.3, 0.4) is 0 Å². The normalized spacial score (nSPS) is 17.0. The van der Waals surface area contributed by atoms with Crippen LogP contribution in [0.25, 0.3) is 10.9 Å². The van der Waals surface area contributed by atoms with Crippen LogP contribution in [0.4, 0.5) is 5.69 Å². The molecule has 1 aliphatic rings. The van der Waals surface area contributed by atoms with Gasteiger partial charge in [0.05, 0.1) is 23.7 Å². The molecule has 0 radical (unpaired) electrons. The molecule has 0 saturated carbocycles. The van der Waals surface area contributed by atoms with Crippen molar-refractivity contribution < 1.29 is 19.1 Å². The lowest BCUT2D eigenvalue weighted by molar-refractivity contribution is -0.145. The fourth-order valence-corrected chi connectivity index (χ4v) is 4.17. The van der Waals surface area contributed by atoms with Gasteiger partial charge in [0, 0.05) is 36.5 Å². The first-order valence-corrected chi connectivity index (χ1v) is 10.3. The minimum absolute atomic E-state index is 0.0536. The lowest BCUT2D eigenvalue weighted by atomic mass is 10.0. The first-order chi connectivity index (χ1) is 15.0. The Morgan fingerprint density at radius 1 is 1.23 bits per heavy atom. The predicted molar refractivity (Wildman–Crippen MR) is 118 cm³/mol. The Morgan fingerprint density at radius 2 is 1.97 bits per heavy atom. The Balaban J connectivity index is 1.49. The van der Waals surface area contributed by atoms with E-state index in [4.69, 9.17) is 16.3 Å². The summed E-state index contributed by atoms with van der Waals surface area (Å²) in [5.41, 5.74) is 2.42. The number of nitrogens with one attached hydrogen (secondary N) is 2. The predicted octanol–water partition coefficient (Wildman–Crippen LogP) is 3.07. The summed E-state index contributed by atoms with van der Waals surface area (Å²) in [5, 5.41) is 4.21. The maximum Gasteiger partial charge on any atom is 0.328 e. The number of amides is 2. The number of fused-ring (bicyclic) bond motifs is 1. The van der Waals surface area contributed by atoms with Gasteiger partial charge in [-0.05, 0) is 23.8 Å². The number of aromatic amines is 1. The fraction of sp³-hybridized carbons (Fsp3) is 0.261. The number of halogens is 1. The molecule has 2 heterocycles. The van der Waals surface area contributed by atoms with Crippen molar-refractivity contribution in [2.75, 3.05) is 18.6 Å². The van der Waals surface area contributed by atoms with Gasteiger partial charge in [-0.3, -0.25) is 9.59 Å². The molecule has 3 aromatic rings. The molecule has 2 N–H and O–H groups in total. The number of H-pyrrole nitrogens is 1. The maximum atomic E-state index is 12.9. The van der Waals surface area contributed by atoms with Gasteiger partial charge in [-0.1, -0.05) is 41.9 Å². The Hall–Kier alpha value is -3.32. The highest BCUT2D eigenvalue weighted by Crippen LogP contribution is 2.31. The van der Waals surface area contributed by atoms with E-state index in [2.05, 4.69) is 10.3 Å². The van der Waals surface area contributed by atoms with Crippen LogP contribution in [-0.4, -0.2) is 42.5 Å². The van der Waals surface area contributed by atoms with Crippen molar-refractivity contribution in [2.24, 2.45) is 5.92 Å². The van der Waals surface area contributed by atoms with E-state index in [1.54, 1.807) is 24.3 Å². The molecule has 31 heavy (non-hydrogen) atoms. The van der Waals surface area contributed by atoms with Gasteiger partial charge in [0.1, 0.15) is 6.04 Å². The van der Waals surface area contributed by atoms with Crippen LogP contribution in [0.5, 0.6) is 0 Å². The number of esters is 1. The molecule has 0 aliphatic carbocycles. The number of anilines is 1. The molecule has 1 fully saturated rings. The highest BCUT2D eigenvalue weighted by molar-refractivity contribution is 6.33. The van der Waals surface area contributed by atoms with Crippen molar-refractivity contribution in [1.82, 2.24) is 10.3 Å². The van der Waals surface area contributed by atoms with Crippen LogP contribution in [-0.2, 0) is 25.5 Å². The zero-order valence-corrected chi connectivity index (χ0v) is 17.7. The number of rotatable bonds is 6. The largest absolute Gasteiger partial charge is 0.467 e. The third-order valence-corrected chi connectivity index (χ3v) is 5.86. The summed E-state index contributed by atoms with van der Waals surface area (Å²) < 4.78 is 4.91. The number of para-hydroxylation sites is 2. The van der Waals surface area contributed by atoms with Gasteiger partial charge < -0.3 is 19.9 Å². The van der Waals surface area contributed by atoms with E-state index in [0.717, 1.165) is 16.5 Å². The number of hydrogen-bond acceptors (Lipinski definition) is 4. The molecule has 8 heteroatoms. The van der Waals surface area contributed by atoms with E-state index in [1.165, 1.54) is 12.0 Å². The summed E-state index contributed by atoms with van der Waals surface area (Å²) >= 11 is 6.21. The van der Waals surface area contributed by atoms with Crippen molar-refractivity contribution in [3.8, 4) is 0 Å². The molecule has 160 valence electrons. The van der Waals surface area contributed by atoms with E-state index >= 15 is 0 Å². The molecule has 2 amide bonds. The molecule has 1 aliphatic heterocycles. The minimum Gasteiger partial charge on any atom is -0.467 e. The van der Waals surface area contributed by atoms with Gasteiger partial charge in [-0.25, -0.2) is 4.79 Å². The standard InChI is InChI=1S/C23H22ClN3O4/c1-31-23(30)19(10-14-12-25-18-8-4-2-6-16(14)18)26-22(29)15-11-21(28)27(13-15)20-9-5-3-7-17(20)24/h2-9,12,15,19,25H,10-11,13H2,1H3,(H,26,29)/t15?,19-/m0/s1. The number of benzene rings is 2. The summed E-state index contributed by atoms with van der Waals surface area (Å²) in [7, 11) is 1.29. The average Bonchev–Trinajstić information content (AvgIpc) is 3.37. The number of ether oxygens (including phenoxy) is 1. The van der Waals surface area contributed by atoms with Crippen molar-refractivity contribution in [2.45, 2.75) is 18.9 Å². The van der Waals surface area contributed by atoms with E-state index in [0.29, 0.717) is 10.7 Å². The highest BCUT2D eigenvalue weighted by Gasteiger charge is 2.37. The number of carbonyl (C=O) groups excluding carboxylic acids is 3. The number of carbonyl (C=O) groups is 3. The molecular weight excluding hydrogens is 418 g/mol. The zero-order chi connectivity index (χ0) is 22.0. The molecule has 4 rings (SSSR count). The van der Waals surface area contributed by atoms with E-state index < -0.39 is 17.9 Å². The smallest absolute Gasteiger partial charge is 0.328 e. The summed E-state index contributed by atoms with van der Waals surface area (Å²) in [6.45, 7) is 0.204. The summed E-state index contributed by atoms with van der Waals surface area (Å²) in [6.07, 6.45) is 2.15. The molecule has 1 saturated heterocycles. The Morgan fingerprint density at radius 3 is 2.74 bits per heavy atom. The molecular formula is C23H22ClN3O4. The van der Waals surface area contributed by atoms with Crippen LogP contribution in [0, 0.1) is 5.92 Å². The van der Waals surface area contributed by atoms with Crippen molar-refractivity contribution >= 4 is 46.0 Å². The molecule has 7 nitrogen and oxygen atoms in total. The van der Waals surface area contributed by atoms with Crippen molar-refractivity contribution in [3.63, 3.8) is 0 Å². The lowest BCUT2D eigenvalue weighted by Gasteiger charge is -2.20. The molecule has 1 unspecified atom stereocenters. The molecule has 2 atom stereocenters. The first-order valence-electron chi connectivity index (χ1n) is 9.96. The number of hydrogen-bond donors (Lipinski definition) is 2. The summed E-state index contributed by atoms with van der Waals surface area (Å²) in [6, 6.07) is 13.9. The Kier molecular flexibility index (Phi) is 5.95. The van der Waals surface area contributed by atoms with Gasteiger partial charge in [-0.15, -0.1) is 0 Å². The highest BCUT2D eigenvalue weighted by atomic mass is 35.5. The second kappa shape index (κ2) is 8.81. The summed E-state index contributed by atoms with van der Waals surface area (Å²) in [5.74, 6) is -1.66. The first kappa shape index (κ1) is 20.9. The molecule has 1 aromatic heterocycles.